The SMILES string of the molecule is CC(Nc1ccc(Cl)c([N+](=O)[O-])c1)c1ccc(F)cc1F. The van der Waals surface area contributed by atoms with Gasteiger partial charge in [0.1, 0.15) is 16.7 Å². The van der Waals surface area contributed by atoms with Gasteiger partial charge in [0.05, 0.1) is 11.0 Å². The Hall–Kier alpha value is -2.21. The third kappa shape index (κ3) is 3.46. The number of rotatable bonds is 4. The Kier molecular flexibility index (Phi) is 4.37. The maximum absolute atomic E-state index is 13.7. The molecule has 0 aliphatic carbocycles. The van der Waals surface area contributed by atoms with E-state index < -0.39 is 22.6 Å². The zero-order valence-electron chi connectivity index (χ0n) is 10.9. The second-order valence-corrected chi connectivity index (χ2v) is 4.86. The molecule has 0 aliphatic rings. The number of nitro groups is 1. The van der Waals surface area contributed by atoms with Crippen LogP contribution in [0.3, 0.4) is 0 Å². The van der Waals surface area contributed by atoms with E-state index >= 15 is 0 Å². The number of halogens is 3. The van der Waals surface area contributed by atoms with Crippen LogP contribution >= 0.6 is 11.6 Å². The fraction of sp³-hybridized carbons (Fsp3) is 0.143. The van der Waals surface area contributed by atoms with E-state index in [1.807, 2.05) is 0 Å². The summed E-state index contributed by atoms with van der Waals surface area (Å²) in [4.78, 5) is 10.2. The molecule has 2 aromatic carbocycles. The van der Waals surface area contributed by atoms with Gasteiger partial charge in [-0.25, -0.2) is 8.78 Å². The fourth-order valence-electron chi connectivity index (χ4n) is 1.92. The first-order valence-corrected chi connectivity index (χ1v) is 6.41. The molecule has 0 radical (unpaired) electrons. The molecule has 2 rings (SSSR count). The topological polar surface area (TPSA) is 55.2 Å². The van der Waals surface area contributed by atoms with E-state index in [-0.39, 0.29) is 16.3 Å². The van der Waals surface area contributed by atoms with E-state index in [1.54, 1.807) is 13.0 Å². The number of nitro benzene ring substituents is 1. The maximum Gasteiger partial charge on any atom is 0.289 e. The normalized spacial score (nSPS) is 12.0. The third-order valence-corrected chi connectivity index (χ3v) is 3.27. The molecule has 21 heavy (non-hydrogen) atoms. The highest BCUT2D eigenvalue weighted by atomic mass is 35.5. The molecule has 7 heteroatoms. The second-order valence-electron chi connectivity index (χ2n) is 4.46. The Morgan fingerprint density at radius 3 is 2.57 bits per heavy atom. The molecule has 1 atom stereocenters. The van der Waals surface area contributed by atoms with Gasteiger partial charge in [-0.3, -0.25) is 10.1 Å². The van der Waals surface area contributed by atoms with Crippen LogP contribution in [-0.4, -0.2) is 4.92 Å². The van der Waals surface area contributed by atoms with Crippen molar-refractivity contribution in [3.05, 3.63) is 68.7 Å². The summed E-state index contributed by atoms with van der Waals surface area (Å²) in [5, 5.41) is 13.7. The van der Waals surface area contributed by atoms with Crippen molar-refractivity contribution in [3.8, 4) is 0 Å². The van der Waals surface area contributed by atoms with Crippen molar-refractivity contribution in [2.24, 2.45) is 0 Å². The van der Waals surface area contributed by atoms with Gasteiger partial charge in [-0.2, -0.15) is 0 Å². The molecule has 0 bridgehead atoms. The van der Waals surface area contributed by atoms with E-state index in [2.05, 4.69) is 5.32 Å². The number of hydrogen-bond donors (Lipinski definition) is 1. The molecule has 0 amide bonds. The van der Waals surface area contributed by atoms with Gasteiger partial charge in [0, 0.05) is 23.4 Å². The molecular formula is C14H11ClF2N2O2. The molecule has 0 fully saturated rings. The first-order valence-electron chi connectivity index (χ1n) is 6.04. The lowest BCUT2D eigenvalue weighted by Gasteiger charge is -2.16. The summed E-state index contributed by atoms with van der Waals surface area (Å²) < 4.78 is 26.5. The van der Waals surface area contributed by atoms with Gasteiger partial charge >= 0.3 is 0 Å². The van der Waals surface area contributed by atoms with E-state index in [0.29, 0.717) is 5.69 Å². The van der Waals surface area contributed by atoms with Gasteiger partial charge < -0.3 is 5.32 Å². The molecule has 4 nitrogen and oxygen atoms in total. The number of nitrogens with zero attached hydrogens (tertiary/aromatic N) is 1. The molecule has 0 saturated carbocycles. The zero-order chi connectivity index (χ0) is 15.6. The molecule has 1 unspecified atom stereocenters. The quantitative estimate of drug-likeness (QED) is 0.657. The van der Waals surface area contributed by atoms with Crippen molar-refractivity contribution >= 4 is 23.0 Å². The summed E-state index contributed by atoms with van der Waals surface area (Å²) >= 11 is 5.72. The van der Waals surface area contributed by atoms with Crippen molar-refractivity contribution in [2.45, 2.75) is 13.0 Å². The Morgan fingerprint density at radius 1 is 1.24 bits per heavy atom. The van der Waals surface area contributed by atoms with Gasteiger partial charge in [-0.1, -0.05) is 17.7 Å². The summed E-state index contributed by atoms with van der Waals surface area (Å²) in [7, 11) is 0. The van der Waals surface area contributed by atoms with Gasteiger partial charge in [-0.15, -0.1) is 0 Å². The van der Waals surface area contributed by atoms with Crippen molar-refractivity contribution in [1.82, 2.24) is 0 Å². The molecule has 2 aromatic rings. The Morgan fingerprint density at radius 2 is 1.95 bits per heavy atom. The number of benzene rings is 2. The minimum atomic E-state index is -0.682. The molecule has 0 aliphatic heterocycles. The lowest BCUT2D eigenvalue weighted by atomic mass is 10.1. The van der Waals surface area contributed by atoms with Crippen LogP contribution in [0.15, 0.2) is 36.4 Å². The van der Waals surface area contributed by atoms with Crippen LogP contribution in [0.1, 0.15) is 18.5 Å². The van der Waals surface area contributed by atoms with E-state index in [1.165, 1.54) is 18.2 Å². The van der Waals surface area contributed by atoms with Crippen molar-refractivity contribution in [1.29, 1.82) is 0 Å². The number of anilines is 1. The monoisotopic (exact) mass is 312 g/mol. The largest absolute Gasteiger partial charge is 0.378 e. The summed E-state index contributed by atoms with van der Waals surface area (Å²) in [5.74, 6) is -1.34. The summed E-state index contributed by atoms with van der Waals surface area (Å²) in [6, 6.07) is 6.97. The van der Waals surface area contributed by atoms with Gasteiger partial charge in [0.25, 0.3) is 5.69 Å². The lowest BCUT2D eigenvalue weighted by molar-refractivity contribution is -0.384. The highest BCUT2D eigenvalue weighted by molar-refractivity contribution is 6.32. The molecule has 110 valence electrons. The first kappa shape index (κ1) is 15.2. The van der Waals surface area contributed by atoms with Crippen LogP contribution in [-0.2, 0) is 0 Å². The average molecular weight is 313 g/mol. The lowest BCUT2D eigenvalue weighted by Crippen LogP contribution is -2.09. The van der Waals surface area contributed by atoms with Crippen LogP contribution in [0.5, 0.6) is 0 Å². The van der Waals surface area contributed by atoms with E-state index in [0.717, 1.165) is 12.1 Å². The maximum atomic E-state index is 13.7. The molecule has 0 spiro atoms. The zero-order valence-corrected chi connectivity index (χ0v) is 11.7. The van der Waals surface area contributed by atoms with Crippen molar-refractivity contribution in [3.63, 3.8) is 0 Å². The minimum Gasteiger partial charge on any atom is -0.378 e. The summed E-state index contributed by atoms with van der Waals surface area (Å²) in [5.41, 5.74) is 0.435. The predicted octanol–water partition coefficient (Wildman–Crippen LogP) is 4.70. The second kappa shape index (κ2) is 6.05. The average Bonchev–Trinajstić information content (AvgIpc) is 2.40. The standard InChI is InChI=1S/C14H11ClF2N2O2/c1-8(11-4-2-9(16)6-13(11)17)18-10-3-5-12(15)14(7-10)19(20)21/h2-8,18H,1H3. The van der Waals surface area contributed by atoms with Gasteiger partial charge in [-0.05, 0) is 25.1 Å². The number of nitrogens with one attached hydrogen (secondary N) is 1. The molecule has 0 saturated heterocycles. The van der Waals surface area contributed by atoms with Crippen LogP contribution in [0.2, 0.25) is 5.02 Å². The number of hydrogen-bond acceptors (Lipinski definition) is 3. The van der Waals surface area contributed by atoms with E-state index in [4.69, 9.17) is 11.6 Å². The molecule has 0 heterocycles. The van der Waals surface area contributed by atoms with Crippen LogP contribution in [0.25, 0.3) is 0 Å². The summed E-state index contributed by atoms with van der Waals surface area (Å²) in [6.07, 6.45) is 0. The molecular weight excluding hydrogens is 302 g/mol. The first-order chi connectivity index (χ1) is 9.88. The van der Waals surface area contributed by atoms with E-state index in [9.17, 15) is 18.9 Å². The highest BCUT2D eigenvalue weighted by Crippen LogP contribution is 2.29. The van der Waals surface area contributed by atoms with Gasteiger partial charge in [0.15, 0.2) is 0 Å². The Bertz CT molecular complexity index is 695. The van der Waals surface area contributed by atoms with Gasteiger partial charge in [0.2, 0.25) is 0 Å². The fourth-order valence-corrected chi connectivity index (χ4v) is 2.11. The Balaban J connectivity index is 2.25. The third-order valence-electron chi connectivity index (χ3n) is 2.96. The van der Waals surface area contributed by atoms with Crippen LogP contribution < -0.4 is 5.32 Å². The predicted molar refractivity (Wildman–Crippen MR) is 76.5 cm³/mol. The summed E-state index contributed by atoms with van der Waals surface area (Å²) in [6.45, 7) is 1.66. The minimum absolute atomic E-state index is 0.0196. The van der Waals surface area contributed by atoms with Crippen LogP contribution in [0, 0.1) is 21.7 Å². The van der Waals surface area contributed by atoms with Crippen molar-refractivity contribution in [2.75, 3.05) is 5.32 Å². The highest BCUT2D eigenvalue weighted by Gasteiger charge is 2.16. The van der Waals surface area contributed by atoms with Crippen molar-refractivity contribution < 1.29 is 13.7 Å². The molecule has 1 N–H and O–H groups in total. The molecule has 0 aromatic heterocycles. The van der Waals surface area contributed by atoms with Crippen LogP contribution in [0.4, 0.5) is 20.2 Å². The Labute approximate surface area is 124 Å². The smallest absolute Gasteiger partial charge is 0.289 e.